The number of nitrogens with zero attached hydrogens (tertiary/aromatic N) is 3. The molecular formula is C22H31N3O2. The molecule has 0 spiro atoms. The van der Waals surface area contributed by atoms with Crippen molar-refractivity contribution in [2.45, 2.75) is 69.8 Å². The fourth-order valence-electron chi connectivity index (χ4n) is 4.52. The minimum Gasteiger partial charge on any atom is -0.378 e. The van der Waals surface area contributed by atoms with Crippen molar-refractivity contribution < 1.29 is 9.53 Å². The van der Waals surface area contributed by atoms with E-state index in [1.807, 2.05) is 30.1 Å². The van der Waals surface area contributed by atoms with Crippen LogP contribution in [0.15, 0.2) is 24.4 Å². The lowest BCUT2D eigenvalue weighted by atomic mass is 9.89. The van der Waals surface area contributed by atoms with E-state index in [4.69, 9.17) is 9.72 Å². The standard InChI is InChI=1S/C22H31N3O2/c1-24(15-13-18-11-6-8-16-27-18)22(26)20-19-12-5-7-14-25(19)21(23-20)17-9-3-2-4-10-17/h5,7,12,14,17-18H,2-4,6,8-11,13,15-16H2,1H3. The molecule has 1 saturated heterocycles. The zero-order chi connectivity index (χ0) is 18.6. The van der Waals surface area contributed by atoms with Gasteiger partial charge in [0.1, 0.15) is 5.82 Å². The molecule has 2 aromatic heterocycles. The zero-order valence-electron chi connectivity index (χ0n) is 16.4. The first-order valence-corrected chi connectivity index (χ1v) is 10.6. The van der Waals surface area contributed by atoms with Crippen molar-refractivity contribution in [2.24, 2.45) is 0 Å². The van der Waals surface area contributed by atoms with Crippen molar-refractivity contribution >= 4 is 11.4 Å². The molecule has 5 nitrogen and oxygen atoms in total. The number of amides is 1. The molecule has 146 valence electrons. The molecule has 1 aliphatic heterocycles. The Morgan fingerprint density at radius 1 is 1.19 bits per heavy atom. The highest BCUT2D eigenvalue weighted by Crippen LogP contribution is 2.33. The van der Waals surface area contributed by atoms with Gasteiger partial charge in [0.2, 0.25) is 0 Å². The quantitative estimate of drug-likeness (QED) is 0.784. The highest BCUT2D eigenvalue weighted by Gasteiger charge is 2.26. The third-order valence-electron chi connectivity index (χ3n) is 6.16. The van der Waals surface area contributed by atoms with Crippen molar-refractivity contribution in [1.82, 2.24) is 14.3 Å². The average molecular weight is 370 g/mol. The molecule has 2 aromatic rings. The van der Waals surface area contributed by atoms with Gasteiger partial charge in [-0.1, -0.05) is 25.3 Å². The van der Waals surface area contributed by atoms with Gasteiger partial charge < -0.3 is 14.0 Å². The van der Waals surface area contributed by atoms with Gasteiger partial charge in [0, 0.05) is 32.3 Å². The number of hydrogen-bond donors (Lipinski definition) is 0. The summed E-state index contributed by atoms with van der Waals surface area (Å²) in [7, 11) is 1.89. The Bertz CT molecular complexity index is 773. The topological polar surface area (TPSA) is 46.8 Å². The molecule has 1 aliphatic carbocycles. The number of carbonyl (C=O) groups is 1. The van der Waals surface area contributed by atoms with Crippen LogP contribution in [0.1, 0.15) is 80.0 Å². The molecule has 2 fully saturated rings. The Morgan fingerprint density at radius 3 is 2.78 bits per heavy atom. The maximum absolute atomic E-state index is 13.1. The lowest BCUT2D eigenvalue weighted by Crippen LogP contribution is -2.31. The molecule has 2 aliphatic rings. The van der Waals surface area contributed by atoms with Crippen LogP contribution in [0.2, 0.25) is 0 Å². The predicted octanol–water partition coefficient (Wildman–Crippen LogP) is 4.41. The van der Waals surface area contributed by atoms with Gasteiger partial charge in [0.15, 0.2) is 5.69 Å². The predicted molar refractivity (Wildman–Crippen MR) is 106 cm³/mol. The summed E-state index contributed by atoms with van der Waals surface area (Å²) in [5.74, 6) is 1.56. The van der Waals surface area contributed by atoms with Gasteiger partial charge in [0.05, 0.1) is 11.6 Å². The number of ether oxygens (including phenoxy) is 1. The van der Waals surface area contributed by atoms with Crippen LogP contribution in [-0.2, 0) is 4.74 Å². The molecule has 1 amide bonds. The van der Waals surface area contributed by atoms with Crippen LogP contribution < -0.4 is 0 Å². The number of carbonyl (C=O) groups excluding carboxylic acids is 1. The summed E-state index contributed by atoms with van der Waals surface area (Å²) in [6, 6.07) is 6.04. The van der Waals surface area contributed by atoms with Crippen molar-refractivity contribution in [3.8, 4) is 0 Å². The second kappa shape index (κ2) is 8.42. The van der Waals surface area contributed by atoms with Crippen LogP contribution in [0.4, 0.5) is 0 Å². The van der Waals surface area contributed by atoms with E-state index in [9.17, 15) is 4.79 Å². The third kappa shape index (κ3) is 4.03. The number of imidazole rings is 1. The first-order valence-electron chi connectivity index (χ1n) is 10.6. The Labute approximate surface area is 161 Å². The van der Waals surface area contributed by atoms with Crippen LogP contribution in [0, 0.1) is 0 Å². The molecule has 1 saturated carbocycles. The molecule has 0 bridgehead atoms. The SMILES string of the molecule is CN(CCC1CCCCO1)C(=O)c1nc(C2CCCCC2)n2ccccc12. The summed E-state index contributed by atoms with van der Waals surface area (Å²) >= 11 is 0. The Hall–Kier alpha value is -1.88. The summed E-state index contributed by atoms with van der Waals surface area (Å²) in [5.41, 5.74) is 1.53. The van der Waals surface area contributed by atoms with E-state index in [1.165, 1.54) is 38.5 Å². The highest BCUT2D eigenvalue weighted by atomic mass is 16.5. The molecule has 5 heteroatoms. The first-order chi connectivity index (χ1) is 13.2. The molecular weight excluding hydrogens is 338 g/mol. The molecule has 4 rings (SSSR count). The van der Waals surface area contributed by atoms with Crippen molar-refractivity contribution in [2.75, 3.05) is 20.2 Å². The van der Waals surface area contributed by atoms with Gasteiger partial charge >= 0.3 is 0 Å². The van der Waals surface area contributed by atoms with Gasteiger partial charge in [-0.05, 0) is 50.7 Å². The van der Waals surface area contributed by atoms with E-state index in [-0.39, 0.29) is 5.91 Å². The Balaban J connectivity index is 1.52. The van der Waals surface area contributed by atoms with Crippen LogP contribution in [-0.4, -0.2) is 46.5 Å². The normalized spacial score (nSPS) is 21.4. The van der Waals surface area contributed by atoms with Crippen molar-refractivity contribution in [3.05, 3.63) is 35.9 Å². The van der Waals surface area contributed by atoms with Crippen molar-refractivity contribution in [1.29, 1.82) is 0 Å². The lowest BCUT2D eigenvalue weighted by Gasteiger charge is -2.25. The van der Waals surface area contributed by atoms with Gasteiger partial charge in [-0.2, -0.15) is 0 Å². The zero-order valence-corrected chi connectivity index (χ0v) is 16.4. The van der Waals surface area contributed by atoms with Gasteiger partial charge in [-0.3, -0.25) is 4.79 Å². The molecule has 1 unspecified atom stereocenters. The van der Waals surface area contributed by atoms with Gasteiger partial charge in [0.25, 0.3) is 5.91 Å². The summed E-state index contributed by atoms with van der Waals surface area (Å²) < 4.78 is 7.95. The molecule has 27 heavy (non-hydrogen) atoms. The maximum Gasteiger partial charge on any atom is 0.274 e. The van der Waals surface area contributed by atoms with E-state index >= 15 is 0 Å². The van der Waals surface area contributed by atoms with E-state index in [0.717, 1.165) is 37.2 Å². The molecule has 0 radical (unpaired) electrons. The van der Waals surface area contributed by atoms with E-state index < -0.39 is 0 Å². The van der Waals surface area contributed by atoms with Crippen LogP contribution >= 0.6 is 0 Å². The second-order valence-corrected chi connectivity index (χ2v) is 8.11. The monoisotopic (exact) mass is 369 g/mol. The van der Waals surface area contributed by atoms with Crippen LogP contribution in [0.3, 0.4) is 0 Å². The number of fused-ring (bicyclic) bond motifs is 1. The third-order valence-corrected chi connectivity index (χ3v) is 6.16. The summed E-state index contributed by atoms with van der Waals surface area (Å²) in [4.78, 5) is 19.8. The largest absolute Gasteiger partial charge is 0.378 e. The molecule has 1 atom stereocenters. The van der Waals surface area contributed by atoms with Crippen LogP contribution in [0.25, 0.3) is 5.52 Å². The summed E-state index contributed by atoms with van der Waals surface area (Å²) in [5, 5.41) is 0. The lowest BCUT2D eigenvalue weighted by molar-refractivity contribution is 0.00707. The summed E-state index contributed by atoms with van der Waals surface area (Å²) in [6.45, 7) is 1.58. The fourth-order valence-corrected chi connectivity index (χ4v) is 4.52. The molecule has 3 heterocycles. The van der Waals surface area contributed by atoms with Crippen LogP contribution in [0.5, 0.6) is 0 Å². The number of pyridine rings is 1. The van der Waals surface area contributed by atoms with Gasteiger partial charge in [-0.15, -0.1) is 0 Å². The number of rotatable bonds is 5. The summed E-state index contributed by atoms with van der Waals surface area (Å²) in [6.07, 6.45) is 13.0. The molecule has 0 aromatic carbocycles. The Kier molecular flexibility index (Phi) is 5.77. The van der Waals surface area contributed by atoms with Gasteiger partial charge in [-0.25, -0.2) is 4.98 Å². The van der Waals surface area contributed by atoms with E-state index in [1.54, 1.807) is 0 Å². The average Bonchev–Trinajstić information content (AvgIpc) is 3.12. The van der Waals surface area contributed by atoms with E-state index in [2.05, 4.69) is 10.6 Å². The number of aromatic nitrogens is 2. The Morgan fingerprint density at radius 2 is 2.00 bits per heavy atom. The second-order valence-electron chi connectivity index (χ2n) is 8.11. The first kappa shape index (κ1) is 18.5. The molecule has 0 N–H and O–H groups in total. The maximum atomic E-state index is 13.1. The fraction of sp³-hybridized carbons (Fsp3) is 0.636. The number of hydrogen-bond acceptors (Lipinski definition) is 3. The highest BCUT2D eigenvalue weighted by molar-refractivity contribution is 5.99. The van der Waals surface area contributed by atoms with E-state index in [0.29, 0.717) is 24.3 Å². The minimum atomic E-state index is 0.0246. The minimum absolute atomic E-state index is 0.0246. The van der Waals surface area contributed by atoms with Crippen molar-refractivity contribution in [3.63, 3.8) is 0 Å². The smallest absolute Gasteiger partial charge is 0.274 e.